The van der Waals surface area contributed by atoms with Gasteiger partial charge in [-0.3, -0.25) is 4.79 Å². The Labute approximate surface area is 114 Å². The lowest BCUT2D eigenvalue weighted by molar-refractivity contribution is 0.0978. The zero-order valence-electron chi connectivity index (χ0n) is 11.2. The standard InChI is InChI=1S/C18H18O/c1-3-15(16-11-9-14(2)10-12-16)13-18(19)17-7-5-4-6-8-17/h3-12,15H,1,13H2,2H3. The van der Waals surface area contributed by atoms with Crippen molar-refractivity contribution in [2.24, 2.45) is 0 Å². The zero-order valence-corrected chi connectivity index (χ0v) is 11.2. The Morgan fingerprint density at radius 2 is 1.74 bits per heavy atom. The number of benzene rings is 2. The molecular weight excluding hydrogens is 232 g/mol. The molecule has 0 N–H and O–H groups in total. The third kappa shape index (κ3) is 3.41. The van der Waals surface area contributed by atoms with Gasteiger partial charge in [0.05, 0.1) is 0 Å². The molecular formula is C18H18O. The molecule has 0 aromatic heterocycles. The molecule has 0 aliphatic rings. The van der Waals surface area contributed by atoms with Crippen molar-refractivity contribution in [3.8, 4) is 0 Å². The highest BCUT2D eigenvalue weighted by atomic mass is 16.1. The normalized spacial score (nSPS) is 11.8. The molecule has 0 saturated heterocycles. The van der Waals surface area contributed by atoms with E-state index in [1.54, 1.807) is 0 Å². The number of Topliss-reactive ketones (excluding diaryl/α,β-unsaturated/α-hetero) is 1. The van der Waals surface area contributed by atoms with Gasteiger partial charge < -0.3 is 0 Å². The maximum atomic E-state index is 12.2. The van der Waals surface area contributed by atoms with Crippen LogP contribution in [0.25, 0.3) is 0 Å². The SMILES string of the molecule is C=CC(CC(=O)c1ccccc1)c1ccc(C)cc1. The summed E-state index contributed by atoms with van der Waals surface area (Å²) in [4.78, 5) is 12.2. The van der Waals surface area contributed by atoms with Gasteiger partial charge >= 0.3 is 0 Å². The molecule has 1 nitrogen and oxygen atoms in total. The summed E-state index contributed by atoms with van der Waals surface area (Å²) in [6.07, 6.45) is 2.32. The third-order valence-corrected chi connectivity index (χ3v) is 3.29. The Morgan fingerprint density at radius 3 is 2.32 bits per heavy atom. The third-order valence-electron chi connectivity index (χ3n) is 3.29. The number of hydrogen-bond acceptors (Lipinski definition) is 1. The highest BCUT2D eigenvalue weighted by molar-refractivity contribution is 5.96. The molecule has 1 unspecified atom stereocenters. The summed E-state index contributed by atoms with van der Waals surface area (Å²) in [5.41, 5.74) is 3.13. The lowest BCUT2D eigenvalue weighted by Crippen LogP contribution is -2.05. The van der Waals surface area contributed by atoms with Crippen molar-refractivity contribution in [1.82, 2.24) is 0 Å². The predicted molar refractivity (Wildman–Crippen MR) is 79.5 cm³/mol. The van der Waals surface area contributed by atoms with Crippen molar-refractivity contribution >= 4 is 5.78 Å². The molecule has 2 rings (SSSR count). The van der Waals surface area contributed by atoms with Crippen LogP contribution in [-0.4, -0.2) is 5.78 Å². The number of carbonyl (C=O) groups excluding carboxylic acids is 1. The van der Waals surface area contributed by atoms with Crippen LogP contribution >= 0.6 is 0 Å². The van der Waals surface area contributed by atoms with Gasteiger partial charge in [0.2, 0.25) is 0 Å². The second-order valence-corrected chi connectivity index (χ2v) is 4.75. The van der Waals surface area contributed by atoms with Crippen molar-refractivity contribution in [3.63, 3.8) is 0 Å². The van der Waals surface area contributed by atoms with Crippen LogP contribution in [-0.2, 0) is 0 Å². The molecule has 1 atom stereocenters. The first-order valence-corrected chi connectivity index (χ1v) is 6.48. The van der Waals surface area contributed by atoms with Gasteiger partial charge in [-0.25, -0.2) is 0 Å². The summed E-state index contributed by atoms with van der Waals surface area (Å²) in [6, 6.07) is 17.7. The van der Waals surface area contributed by atoms with Crippen LogP contribution in [0.1, 0.15) is 33.8 Å². The number of carbonyl (C=O) groups is 1. The van der Waals surface area contributed by atoms with Crippen LogP contribution < -0.4 is 0 Å². The lowest BCUT2D eigenvalue weighted by Gasteiger charge is -2.12. The van der Waals surface area contributed by atoms with E-state index < -0.39 is 0 Å². The fourth-order valence-electron chi connectivity index (χ4n) is 2.09. The molecule has 0 aliphatic carbocycles. The fraction of sp³-hybridized carbons (Fsp3) is 0.167. The highest BCUT2D eigenvalue weighted by Gasteiger charge is 2.14. The van der Waals surface area contributed by atoms with E-state index >= 15 is 0 Å². The maximum Gasteiger partial charge on any atom is 0.163 e. The second-order valence-electron chi connectivity index (χ2n) is 4.75. The molecule has 2 aromatic carbocycles. The average molecular weight is 250 g/mol. The Bertz CT molecular complexity index is 552. The summed E-state index contributed by atoms with van der Waals surface area (Å²) >= 11 is 0. The predicted octanol–water partition coefficient (Wildman–Crippen LogP) is 4.54. The van der Waals surface area contributed by atoms with E-state index in [2.05, 4.69) is 37.8 Å². The van der Waals surface area contributed by atoms with Crippen LogP contribution in [0.2, 0.25) is 0 Å². The Kier molecular flexibility index (Phi) is 4.30. The van der Waals surface area contributed by atoms with Gasteiger partial charge in [0.1, 0.15) is 0 Å². The van der Waals surface area contributed by atoms with Crippen molar-refractivity contribution in [1.29, 1.82) is 0 Å². The van der Waals surface area contributed by atoms with Gasteiger partial charge in [0.25, 0.3) is 0 Å². The first-order valence-electron chi connectivity index (χ1n) is 6.48. The van der Waals surface area contributed by atoms with Gasteiger partial charge in [0, 0.05) is 17.9 Å². The quantitative estimate of drug-likeness (QED) is 0.562. The molecule has 0 radical (unpaired) electrons. The van der Waals surface area contributed by atoms with Crippen molar-refractivity contribution in [3.05, 3.63) is 83.9 Å². The van der Waals surface area contributed by atoms with E-state index in [-0.39, 0.29) is 11.7 Å². The van der Waals surface area contributed by atoms with E-state index in [1.165, 1.54) is 5.56 Å². The first-order chi connectivity index (χ1) is 9.20. The number of aryl methyl sites for hydroxylation is 1. The number of ketones is 1. The molecule has 0 aliphatic heterocycles. The lowest BCUT2D eigenvalue weighted by atomic mass is 9.91. The largest absolute Gasteiger partial charge is 0.294 e. The summed E-state index contributed by atoms with van der Waals surface area (Å²) in [5, 5.41) is 0. The number of rotatable bonds is 5. The Hall–Kier alpha value is -2.15. The van der Waals surface area contributed by atoms with Crippen molar-refractivity contribution < 1.29 is 4.79 Å². The molecule has 0 saturated carbocycles. The molecule has 96 valence electrons. The van der Waals surface area contributed by atoms with Crippen LogP contribution in [0.3, 0.4) is 0 Å². The summed E-state index contributed by atoms with van der Waals surface area (Å²) in [7, 11) is 0. The van der Waals surface area contributed by atoms with Crippen molar-refractivity contribution in [2.45, 2.75) is 19.3 Å². The van der Waals surface area contributed by atoms with Gasteiger partial charge in [-0.2, -0.15) is 0 Å². The summed E-state index contributed by atoms with van der Waals surface area (Å²) < 4.78 is 0. The first kappa shape index (κ1) is 13.3. The molecule has 0 spiro atoms. The van der Waals surface area contributed by atoms with Gasteiger partial charge in [-0.15, -0.1) is 6.58 Å². The van der Waals surface area contributed by atoms with E-state index in [0.29, 0.717) is 6.42 Å². The molecule has 19 heavy (non-hydrogen) atoms. The fourth-order valence-corrected chi connectivity index (χ4v) is 2.09. The molecule has 0 amide bonds. The number of allylic oxidation sites excluding steroid dienone is 1. The molecule has 0 bridgehead atoms. The van der Waals surface area contributed by atoms with Crippen LogP contribution in [0, 0.1) is 6.92 Å². The molecule has 2 aromatic rings. The van der Waals surface area contributed by atoms with Gasteiger partial charge in [-0.1, -0.05) is 66.2 Å². The average Bonchev–Trinajstić information content (AvgIpc) is 2.46. The maximum absolute atomic E-state index is 12.2. The van der Waals surface area contributed by atoms with E-state index in [4.69, 9.17) is 0 Å². The monoisotopic (exact) mass is 250 g/mol. The second kappa shape index (κ2) is 6.14. The van der Waals surface area contributed by atoms with E-state index in [1.807, 2.05) is 36.4 Å². The highest BCUT2D eigenvalue weighted by Crippen LogP contribution is 2.23. The minimum absolute atomic E-state index is 0.0771. The minimum atomic E-state index is 0.0771. The summed E-state index contributed by atoms with van der Waals surface area (Å²) in [6.45, 7) is 5.91. The topological polar surface area (TPSA) is 17.1 Å². The van der Waals surface area contributed by atoms with Crippen molar-refractivity contribution in [2.75, 3.05) is 0 Å². The van der Waals surface area contributed by atoms with Gasteiger partial charge in [0.15, 0.2) is 5.78 Å². The molecule has 1 heteroatoms. The summed E-state index contributed by atoms with van der Waals surface area (Å²) in [5.74, 6) is 0.236. The van der Waals surface area contributed by atoms with Crippen LogP contribution in [0.5, 0.6) is 0 Å². The Balaban J connectivity index is 2.14. The minimum Gasteiger partial charge on any atom is -0.294 e. The molecule has 0 fully saturated rings. The smallest absolute Gasteiger partial charge is 0.163 e. The Morgan fingerprint density at radius 1 is 1.11 bits per heavy atom. The number of hydrogen-bond donors (Lipinski definition) is 0. The van der Waals surface area contributed by atoms with E-state index in [9.17, 15) is 4.79 Å². The van der Waals surface area contributed by atoms with Crippen LogP contribution in [0.4, 0.5) is 0 Å². The van der Waals surface area contributed by atoms with Crippen LogP contribution in [0.15, 0.2) is 67.3 Å². The van der Waals surface area contributed by atoms with Gasteiger partial charge in [-0.05, 0) is 12.5 Å². The molecule has 0 heterocycles. The van der Waals surface area contributed by atoms with E-state index in [0.717, 1.165) is 11.1 Å². The zero-order chi connectivity index (χ0) is 13.7.